The van der Waals surface area contributed by atoms with Crippen LogP contribution in [0.3, 0.4) is 0 Å². The van der Waals surface area contributed by atoms with Crippen molar-refractivity contribution < 1.29 is 5.11 Å². The number of nitrogens with zero attached hydrogens (tertiary/aromatic N) is 1. The summed E-state index contributed by atoms with van der Waals surface area (Å²) in [6, 6.07) is 10.5. The van der Waals surface area contributed by atoms with Crippen molar-refractivity contribution in [3.8, 4) is 6.07 Å². The quantitative estimate of drug-likeness (QED) is 0.881. The van der Waals surface area contributed by atoms with Crippen LogP contribution in [0, 0.1) is 11.3 Å². The molecule has 2 nitrogen and oxygen atoms in total. The largest absolute Gasteiger partial charge is 0.391 e. The molecule has 0 bridgehead atoms. The Morgan fingerprint density at radius 3 is 2.94 bits per heavy atom. The second kappa shape index (κ2) is 5.54. The molecule has 96 valence electrons. The van der Waals surface area contributed by atoms with Crippen molar-refractivity contribution in [1.82, 2.24) is 0 Å². The molecule has 18 heavy (non-hydrogen) atoms. The smallest absolute Gasteiger partial charge is 0.108 e. The van der Waals surface area contributed by atoms with Crippen molar-refractivity contribution >= 4 is 0 Å². The number of aryl methyl sites for hydroxylation is 1. The van der Waals surface area contributed by atoms with Crippen molar-refractivity contribution in [3.63, 3.8) is 0 Å². The lowest BCUT2D eigenvalue weighted by molar-refractivity contribution is 0.0887. The number of fused-ring (bicyclic) bond motifs is 1. The zero-order chi connectivity index (χ0) is 13.0. The van der Waals surface area contributed by atoms with Crippen LogP contribution < -0.4 is 0 Å². The van der Waals surface area contributed by atoms with Gasteiger partial charge in [-0.05, 0) is 36.8 Å². The highest BCUT2D eigenvalue weighted by Gasteiger charge is 2.42. The van der Waals surface area contributed by atoms with E-state index in [4.69, 9.17) is 0 Å². The fourth-order valence-electron chi connectivity index (χ4n) is 3.05. The van der Waals surface area contributed by atoms with Gasteiger partial charge in [0.05, 0.1) is 12.2 Å². The molecule has 2 unspecified atom stereocenters. The normalized spacial score (nSPS) is 24.1. The molecule has 2 heteroatoms. The van der Waals surface area contributed by atoms with Gasteiger partial charge in [0.1, 0.15) is 5.41 Å². The van der Waals surface area contributed by atoms with E-state index in [9.17, 15) is 10.4 Å². The lowest BCUT2D eigenvalue weighted by Gasteiger charge is -2.37. The minimum Gasteiger partial charge on any atom is -0.391 e. The number of nitriles is 1. The lowest BCUT2D eigenvalue weighted by Crippen LogP contribution is -2.41. The molecular weight excluding hydrogens is 222 g/mol. The van der Waals surface area contributed by atoms with Gasteiger partial charge in [-0.2, -0.15) is 5.26 Å². The SMILES string of the molecule is CCCCC(O)C1(C#N)CCCc2ccccc21. The van der Waals surface area contributed by atoms with Crippen LogP contribution >= 0.6 is 0 Å². The molecule has 0 saturated carbocycles. The first-order chi connectivity index (χ1) is 8.74. The number of unbranched alkanes of at least 4 members (excludes halogenated alkanes) is 1. The van der Waals surface area contributed by atoms with E-state index >= 15 is 0 Å². The van der Waals surface area contributed by atoms with E-state index in [1.54, 1.807) is 0 Å². The minimum absolute atomic E-state index is 0.538. The summed E-state index contributed by atoms with van der Waals surface area (Å²) in [5.74, 6) is 0. The number of benzene rings is 1. The lowest BCUT2D eigenvalue weighted by atomic mass is 9.66. The van der Waals surface area contributed by atoms with Crippen molar-refractivity contribution in [3.05, 3.63) is 35.4 Å². The summed E-state index contributed by atoms with van der Waals surface area (Å²) in [5.41, 5.74) is 1.62. The Hall–Kier alpha value is -1.33. The van der Waals surface area contributed by atoms with E-state index < -0.39 is 11.5 Å². The predicted octanol–water partition coefficient (Wildman–Crippen LogP) is 3.34. The van der Waals surface area contributed by atoms with Crippen LogP contribution in [0.2, 0.25) is 0 Å². The molecule has 2 atom stereocenters. The van der Waals surface area contributed by atoms with Crippen LogP contribution in [0.15, 0.2) is 24.3 Å². The molecule has 1 N–H and O–H groups in total. The van der Waals surface area contributed by atoms with E-state index in [-0.39, 0.29) is 0 Å². The van der Waals surface area contributed by atoms with Crippen molar-refractivity contribution in [2.75, 3.05) is 0 Å². The van der Waals surface area contributed by atoms with Gasteiger partial charge in [0, 0.05) is 0 Å². The molecule has 1 aliphatic rings. The molecule has 0 fully saturated rings. The summed E-state index contributed by atoms with van der Waals surface area (Å²) in [6.07, 6.45) is 5.02. The summed E-state index contributed by atoms with van der Waals surface area (Å²) in [6.45, 7) is 2.11. The highest BCUT2D eigenvalue weighted by atomic mass is 16.3. The summed E-state index contributed by atoms with van der Waals surface area (Å²) in [7, 11) is 0. The zero-order valence-electron chi connectivity index (χ0n) is 11.0. The van der Waals surface area contributed by atoms with Gasteiger partial charge in [-0.1, -0.05) is 44.0 Å². The minimum atomic E-state index is -0.677. The molecule has 0 saturated heterocycles. The van der Waals surface area contributed by atoms with Gasteiger partial charge in [0.15, 0.2) is 0 Å². The van der Waals surface area contributed by atoms with Crippen molar-refractivity contribution in [1.29, 1.82) is 5.26 Å². The third-order valence-electron chi connectivity index (χ3n) is 4.11. The van der Waals surface area contributed by atoms with E-state index in [0.717, 1.165) is 44.1 Å². The first-order valence-electron chi connectivity index (χ1n) is 6.92. The first kappa shape index (κ1) is 13.1. The van der Waals surface area contributed by atoms with Gasteiger partial charge in [0.25, 0.3) is 0 Å². The van der Waals surface area contributed by atoms with Gasteiger partial charge < -0.3 is 5.11 Å². The maximum Gasteiger partial charge on any atom is 0.108 e. The average molecular weight is 243 g/mol. The second-order valence-electron chi connectivity index (χ2n) is 5.25. The fraction of sp³-hybridized carbons (Fsp3) is 0.562. The molecule has 0 radical (unpaired) electrons. The first-order valence-corrected chi connectivity index (χ1v) is 6.92. The van der Waals surface area contributed by atoms with Gasteiger partial charge >= 0.3 is 0 Å². The van der Waals surface area contributed by atoms with Gasteiger partial charge in [0.2, 0.25) is 0 Å². The predicted molar refractivity (Wildman–Crippen MR) is 72.2 cm³/mol. The summed E-state index contributed by atoms with van der Waals surface area (Å²) in [5, 5.41) is 20.1. The van der Waals surface area contributed by atoms with Crippen molar-refractivity contribution in [2.45, 2.75) is 57.0 Å². The van der Waals surface area contributed by atoms with Crippen LogP contribution in [0.5, 0.6) is 0 Å². The summed E-state index contributed by atoms with van der Waals surface area (Å²) >= 11 is 0. The zero-order valence-corrected chi connectivity index (χ0v) is 11.0. The molecule has 0 spiro atoms. The third-order valence-corrected chi connectivity index (χ3v) is 4.11. The Balaban J connectivity index is 2.37. The maximum absolute atomic E-state index is 10.5. The number of aliphatic hydroxyl groups excluding tert-OH is 1. The van der Waals surface area contributed by atoms with E-state index in [2.05, 4.69) is 19.1 Å². The van der Waals surface area contributed by atoms with Gasteiger partial charge in [-0.3, -0.25) is 0 Å². The van der Waals surface area contributed by atoms with Gasteiger partial charge in [-0.25, -0.2) is 0 Å². The number of aliphatic hydroxyl groups is 1. The Bertz CT molecular complexity index is 449. The molecule has 0 aromatic heterocycles. The Morgan fingerprint density at radius 2 is 2.22 bits per heavy atom. The third kappa shape index (κ3) is 2.15. The fourth-order valence-corrected chi connectivity index (χ4v) is 3.05. The van der Waals surface area contributed by atoms with Gasteiger partial charge in [-0.15, -0.1) is 0 Å². The molecule has 0 aliphatic heterocycles. The molecule has 0 heterocycles. The van der Waals surface area contributed by atoms with Crippen LogP contribution in [0.1, 0.15) is 50.2 Å². The standard InChI is InChI=1S/C16H21NO/c1-2-3-10-15(18)16(12-17)11-6-8-13-7-4-5-9-14(13)16/h4-5,7,9,15,18H,2-3,6,8,10-11H2,1H3. The average Bonchev–Trinajstić information content (AvgIpc) is 2.44. The van der Waals surface area contributed by atoms with Crippen LogP contribution in [-0.2, 0) is 11.8 Å². The molecule has 1 aromatic carbocycles. The Kier molecular flexibility index (Phi) is 4.04. The molecule has 2 rings (SSSR count). The number of hydrogen-bond acceptors (Lipinski definition) is 2. The molecular formula is C16H21NO. The second-order valence-corrected chi connectivity index (χ2v) is 5.25. The highest BCUT2D eigenvalue weighted by molar-refractivity contribution is 5.42. The van der Waals surface area contributed by atoms with E-state index in [1.165, 1.54) is 5.56 Å². The molecule has 1 aromatic rings. The van der Waals surface area contributed by atoms with Crippen LogP contribution in [0.4, 0.5) is 0 Å². The number of rotatable bonds is 4. The highest BCUT2D eigenvalue weighted by Crippen LogP contribution is 2.40. The Morgan fingerprint density at radius 1 is 1.44 bits per heavy atom. The van der Waals surface area contributed by atoms with Crippen LogP contribution in [0.25, 0.3) is 0 Å². The summed E-state index contributed by atoms with van der Waals surface area (Å²) in [4.78, 5) is 0. The van der Waals surface area contributed by atoms with Crippen molar-refractivity contribution in [2.24, 2.45) is 0 Å². The van der Waals surface area contributed by atoms with E-state index in [0.29, 0.717) is 0 Å². The topological polar surface area (TPSA) is 44.0 Å². The number of hydrogen-bond donors (Lipinski definition) is 1. The molecule has 1 aliphatic carbocycles. The van der Waals surface area contributed by atoms with Crippen LogP contribution in [-0.4, -0.2) is 11.2 Å². The Labute approximate surface area is 109 Å². The maximum atomic E-state index is 10.5. The monoisotopic (exact) mass is 243 g/mol. The summed E-state index contributed by atoms with van der Waals surface area (Å²) < 4.78 is 0. The molecule has 0 amide bonds. The van der Waals surface area contributed by atoms with E-state index in [1.807, 2.05) is 18.2 Å².